The van der Waals surface area contributed by atoms with Crippen molar-refractivity contribution in [2.45, 2.75) is 76.7 Å². The third-order valence-electron chi connectivity index (χ3n) is 6.04. The number of carboxylic acids is 1. The number of carboxylic acid groups (broad SMARTS) is 1. The summed E-state index contributed by atoms with van der Waals surface area (Å²) in [6, 6.07) is -4.32. The highest BCUT2D eigenvalue weighted by Crippen LogP contribution is 2.19. The lowest BCUT2D eigenvalue weighted by molar-refractivity contribution is -0.149. The number of aliphatic hydroxyl groups excluding tert-OH is 1. The van der Waals surface area contributed by atoms with Gasteiger partial charge in [-0.2, -0.15) is 0 Å². The molecular formula is C21H34N6O6. The number of hydrogen-bond donors (Lipinski definition) is 6. The molecule has 6 atom stereocenters. The van der Waals surface area contributed by atoms with Gasteiger partial charge < -0.3 is 36.5 Å². The first-order valence-corrected chi connectivity index (χ1v) is 11.1. The molecule has 3 amide bonds. The van der Waals surface area contributed by atoms with E-state index in [2.05, 4.69) is 20.6 Å². The number of nitrogens with zero attached hydrogens (tertiary/aromatic N) is 2. The van der Waals surface area contributed by atoms with E-state index in [4.69, 9.17) is 5.73 Å². The molecule has 1 fully saturated rings. The number of nitrogens with two attached hydrogens (primary N) is 1. The zero-order valence-electron chi connectivity index (χ0n) is 19.2. The number of nitrogens with one attached hydrogen (secondary N) is 3. The molecule has 0 radical (unpaired) electrons. The second kappa shape index (κ2) is 11.8. The summed E-state index contributed by atoms with van der Waals surface area (Å²) < 4.78 is 0. The SMILES string of the molecule is CCC(C)C(N)C(=O)NC(C(=O)NC(Cc1cnc[nH]1)C(=O)N1CCCC1C(=O)O)C(C)O. The number of aliphatic hydroxyl groups is 1. The van der Waals surface area contributed by atoms with Crippen molar-refractivity contribution in [3.05, 3.63) is 18.2 Å². The number of amides is 3. The van der Waals surface area contributed by atoms with E-state index in [1.807, 2.05) is 6.92 Å². The molecule has 6 unspecified atom stereocenters. The monoisotopic (exact) mass is 466 g/mol. The van der Waals surface area contributed by atoms with Crippen molar-refractivity contribution in [3.8, 4) is 0 Å². The highest BCUT2D eigenvalue weighted by Gasteiger charge is 2.39. The van der Waals surface area contributed by atoms with Gasteiger partial charge >= 0.3 is 5.97 Å². The molecule has 0 bridgehead atoms. The quantitative estimate of drug-likeness (QED) is 0.233. The van der Waals surface area contributed by atoms with Gasteiger partial charge in [0.25, 0.3) is 0 Å². The van der Waals surface area contributed by atoms with Gasteiger partial charge in [-0.3, -0.25) is 14.4 Å². The van der Waals surface area contributed by atoms with Crippen molar-refractivity contribution in [2.75, 3.05) is 6.54 Å². The van der Waals surface area contributed by atoms with Gasteiger partial charge in [0, 0.05) is 24.9 Å². The zero-order valence-corrected chi connectivity index (χ0v) is 19.2. The van der Waals surface area contributed by atoms with Crippen LogP contribution in [0.15, 0.2) is 12.5 Å². The molecule has 0 aromatic carbocycles. The van der Waals surface area contributed by atoms with Gasteiger partial charge in [-0.05, 0) is 25.7 Å². The lowest BCUT2D eigenvalue weighted by Crippen LogP contribution is -2.60. The molecule has 0 spiro atoms. The van der Waals surface area contributed by atoms with E-state index in [9.17, 15) is 29.4 Å². The minimum absolute atomic E-state index is 0.0280. The Kier molecular flexibility index (Phi) is 9.35. The summed E-state index contributed by atoms with van der Waals surface area (Å²) in [6.07, 6.45) is 3.19. The molecule has 0 saturated carbocycles. The maximum Gasteiger partial charge on any atom is 0.326 e. The fourth-order valence-corrected chi connectivity index (χ4v) is 3.73. The molecule has 12 nitrogen and oxygen atoms in total. The first-order valence-electron chi connectivity index (χ1n) is 11.1. The third-order valence-corrected chi connectivity index (χ3v) is 6.04. The van der Waals surface area contributed by atoms with E-state index in [1.54, 1.807) is 6.92 Å². The van der Waals surface area contributed by atoms with Gasteiger partial charge in [0.05, 0.1) is 18.5 Å². The summed E-state index contributed by atoms with van der Waals surface area (Å²) in [5, 5.41) is 24.6. The molecule has 12 heteroatoms. The lowest BCUT2D eigenvalue weighted by Gasteiger charge is -2.29. The molecule has 7 N–H and O–H groups in total. The standard InChI is InChI=1S/C21H34N6O6/c1-4-11(2)16(22)18(29)26-17(12(3)28)19(30)25-14(8-13-9-23-10-24-13)20(31)27-7-5-6-15(27)21(32)33/h9-12,14-17,28H,4-8,22H2,1-3H3,(H,23,24)(H,25,30)(H,26,29)(H,32,33). The van der Waals surface area contributed by atoms with Gasteiger partial charge in [-0.15, -0.1) is 0 Å². The number of aliphatic carboxylic acids is 1. The number of rotatable bonds is 11. The van der Waals surface area contributed by atoms with Crippen LogP contribution < -0.4 is 16.4 Å². The topological polar surface area (TPSA) is 191 Å². The maximum absolute atomic E-state index is 13.2. The third kappa shape index (κ3) is 6.75. The number of aromatic nitrogens is 2. The van der Waals surface area contributed by atoms with Crippen LogP contribution in [0.5, 0.6) is 0 Å². The molecule has 33 heavy (non-hydrogen) atoms. The van der Waals surface area contributed by atoms with Crippen molar-refractivity contribution >= 4 is 23.7 Å². The fraction of sp³-hybridized carbons (Fsp3) is 0.667. The Labute approximate surface area is 192 Å². The largest absolute Gasteiger partial charge is 0.480 e. The highest BCUT2D eigenvalue weighted by atomic mass is 16.4. The summed E-state index contributed by atoms with van der Waals surface area (Å²) in [5.74, 6) is -3.18. The molecule has 1 aliphatic rings. The van der Waals surface area contributed by atoms with E-state index < -0.39 is 54.0 Å². The molecule has 2 rings (SSSR count). The number of H-pyrrole nitrogens is 1. The van der Waals surface area contributed by atoms with E-state index in [0.29, 0.717) is 25.0 Å². The van der Waals surface area contributed by atoms with Crippen molar-refractivity contribution in [1.29, 1.82) is 0 Å². The minimum Gasteiger partial charge on any atom is -0.480 e. The van der Waals surface area contributed by atoms with Gasteiger partial charge in [0.15, 0.2) is 0 Å². The number of likely N-dealkylation sites (tertiary alicyclic amines) is 1. The molecule has 0 aliphatic carbocycles. The summed E-state index contributed by atoms with van der Waals surface area (Å²) in [6.45, 7) is 5.28. The Bertz CT molecular complexity index is 829. The fourth-order valence-electron chi connectivity index (χ4n) is 3.73. The van der Waals surface area contributed by atoms with Crippen molar-refractivity contribution in [2.24, 2.45) is 11.7 Å². The number of carbonyl (C=O) groups excluding carboxylic acids is 3. The van der Waals surface area contributed by atoms with Crippen LogP contribution in [0.2, 0.25) is 0 Å². The van der Waals surface area contributed by atoms with Gasteiger partial charge in [-0.25, -0.2) is 9.78 Å². The van der Waals surface area contributed by atoms with E-state index >= 15 is 0 Å². The van der Waals surface area contributed by atoms with Crippen LogP contribution in [-0.4, -0.2) is 85.6 Å². The Morgan fingerprint density at radius 1 is 1.27 bits per heavy atom. The van der Waals surface area contributed by atoms with Gasteiger partial charge in [0.1, 0.15) is 18.1 Å². The summed E-state index contributed by atoms with van der Waals surface area (Å²) >= 11 is 0. The van der Waals surface area contributed by atoms with Crippen molar-refractivity contribution < 1.29 is 29.4 Å². The molecule has 184 valence electrons. The molecule has 2 heterocycles. The second-order valence-electron chi connectivity index (χ2n) is 8.51. The summed E-state index contributed by atoms with van der Waals surface area (Å²) in [4.78, 5) is 58.3. The van der Waals surface area contributed by atoms with E-state index in [-0.39, 0.29) is 18.9 Å². The predicted octanol–water partition coefficient (Wildman–Crippen LogP) is -1.25. The smallest absolute Gasteiger partial charge is 0.326 e. The van der Waals surface area contributed by atoms with Gasteiger partial charge in [0.2, 0.25) is 17.7 Å². The molecule has 1 aromatic rings. The van der Waals surface area contributed by atoms with Crippen LogP contribution in [0.25, 0.3) is 0 Å². The van der Waals surface area contributed by atoms with Crippen molar-refractivity contribution in [1.82, 2.24) is 25.5 Å². The second-order valence-corrected chi connectivity index (χ2v) is 8.51. The van der Waals surface area contributed by atoms with E-state index in [1.165, 1.54) is 24.3 Å². The van der Waals surface area contributed by atoms with Crippen LogP contribution in [0, 0.1) is 5.92 Å². The summed E-state index contributed by atoms with van der Waals surface area (Å²) in [7, 11) is 0. The number of aromatic amines is 1. The molecular weight excluding hydrogens is 432 g/mol. The average Bonchev–Trinajstić information content (AvgIpc) is 3.46. The first-order chi connectivity index (χ1) is 15.6. The van der Waals surface area contributed by atoms with E-state index in [0.717, 1.165) is 0 Å². The van der Waals surface area contributed by atoms with Gasteiger partial charge in [-0.1, -0.05) is 20.3 Å². The Balaban J connectivity index is 2.20. The first kappa shape index (κ1) is 26.3. The number of imidazole rings is 1. The molecule has 1 aromatic heterocycles. The predicted molar refractivity (Wildman–Crippen MR) is 118 cm³/mol. The van der Waals surface area contributed by atoms with Crippen LogP contribution in [0.3, 0.4) is 0 Å². The highest BCUT2D eigenvalue weighted by molar-refractivity contribution is 5.94. The Morgan fingerprint density at radius 3 is 2.52 bits per heavy atom. The number of hydrogen-bond acceptors (Lipinski definition) is 7. The van der Waals surface area contributed by atoms with Crippen LogP contribution >= 0.6 is 0 Å². The van der Waals surface area contributed by atoms with Crippen molar-refractivity contribution in [3.63, 3.8) is 0 Å². The molecule has 1 aliphatic heterocycles. The van der Waals surface area contributed by atoms with Crippen LogP contribution in [-0.2, 0) is 25.6 Å². The lowest BCUT2D eigenvalue weighted by atomic mass is 9.98. The molecule has 1 saturated heterocycles. The maximum atomic E-state index is 13.2. The van der Waals surface area contributed by atoms with Crippen LogP contribution in [0.4, 0.5) is 0 Å². The summed E-state index contributed by atoms with van der Waals surface area (Å²) in [5.41, 5.74) is 6.49. The van der Waals surface area contributed by atoms with Crippen LogP contribution in [0.1, 0.15) is 45.7 Å². The average molecular weight is 467 g/mol. The minimum atomic E-state index is -1.35. The Hall–Kier alpha value is -2.99. The zero-order chi connectivity index (χ0) is 24.7. The Morgan fingerprint density at radius 2 is 1.97 bits per heavy atom. The normalized spacial score (nSPS) is 20.4. The number of carbonyl (C=O) groups is 4.